The van der Waals surface area contributed by atoms with Gasteiger partial charge in [-0.15, -0.1) is 0 Å². The maximum Gasteiger partial charge on any atom is 0.201 e. The number of ether oxygens (including phenoxy) is 2. The van der Waals surface area contributed by atoms with Gasteiger partial charge in [0.1, 0.15) is 5.75 Å². The summed E-state index contributed by atoms with van der Waals surface area (Å²) < 4.78 is 12.4. The van der Waals surface area contributed by atoms with Crippen LogP contribution in [0.5, 0.6) is 23.0 Å². The topological polar surface area (TPSA) is 146 Å². The molecule has 2 aromatic carbocycles. The number of hydrogen-bond acceptors (Lipinski definition) is 8. The van der Waals surface area contributed by atoms with Crippen LogP contribution in [0.2, 0.25) is 0 Å². The molecule has 1 saturated carbocycles. The summed E-state index contributed by atoms with van der Waals surface area (Å²) in [6, 6.07) is 8.29. The number of nitrogens with one attached hydrogen (secondary N) is 1. The number of fused-ring (bicyclic) bond motifs is 2. The van der Waals surface area contributed by atoms with Crippen LogP contribution in [0.3, 0.4) is 0 Å². The number of methoxy groups -OCH3 is 1. The van der Waals surface area contributed by atoms with Gasteiger partial charge in [0.25, 0.3) is 0 Å². The summed E-state index contributed by atoms with van der Waals surface area (Å²) in [4.78, 5) is 4.17. The van der Waals surface area contributed by atoms with Crippen molar-refractivity contribution in [1.82, 2.24) is 10.3 Å². The van der Waals surface area contributed by atoms with Crippen molar-refractivity contribution in [1.29, 1.82) is 0 Å². The van der Waals surface area contributed by atoms with E-state index < -0.39 is 30.3 Å². The molecule has 6 N–H and O–H groups in total. The number of rotatable bonds is 8. The predicted molar refractivity (Wildman–Crippen MR) is 181 cm³/mol. The Kier molecular flexibility index (Phi) is 9.30. The standard InChI is InChI=1S/C39H47N2O7/c1-40-25-8-10-26-24(15-25)4-3-5-27(26)29-16-22(7-11-32(29)43)23-6-9-28-33(44)18-35(48-34(28)17-23)36-30(14-21-12-13-41-19-21)39(47-2)38(46)37(45)31(36)20-42/h3,5,7-8,10-13,16,19,23-28,33-35,40,42-46H,4,6,9,14-15,17-18,20H2,1-2H3/q-1/t23-,24+,25-,26-,27-,28+,33+,34+,35+/m1/s1. The van der Waals surface area contributed by atoms with Crippen molar-refractivity contribution in [3.8, 4) is 23.0 Å². The summed E-state index contributed by atoms with van der Waals surface area (Å²) in [5.74, 6) is 0.663. The first-order chi connectivity index (χ1) is 23.3. The second-order valence-corrected chi connectivity index (χ2v) is 14.1. The second kappa shape index (κ2) is 13.6. The van der Waals surface area contributed by atoms with Gasteiger partial charge < -0.3 is 45.3 Å². The Morgan fingerprint density at radius 2 is 1.85 bits per heavy atom. The molecule has 7 rings (SSSR count). The van der Waals surface area contributed by atoms with E-state index in [0.29, 0.717) is 54.0 Å². The van der Waals surface area contributed by atoms with Crippen molar-refractivity contribution in [3.63, 3.8) is 0 Å². The van der Waals surface area contributed by atoms with Crippen LogP contribution in [-0.4, -0.2) is 57.9 Å². The number of nitrogens with zero attached hydrogens (tertiary/aromatic N) is 1. The van der Waals surface area contributed by atoms with Crippen LogP contribution in [0.4, 0.5) is 0 Å². The Morgan fingerprint density at radius 1 is 1.00 bits per heavy atom. The molecule has 0 radical (unpaired) electrons. The first-order valence-corrected chi connectivity index (χ1v) is 17.3. The van der Waals surface area contributed by atoms with Crippen LogP contribution in [0.1, 0.15) is 89.8 Å². The summed E-state index contributed by atoms with van der Waals surface area (Å²) in [6.07, 6.45) is 16.1. The highest BCUT2D eigenvalue weighted by molar-refractivity contribution is 5.64. The molecule has 256 valence electrons. The van der Waals surface area contributed by atoms with E-state index in [9.17, 15) is 25.5 Å². The molecular formula is C39H47N2O7-. The Labute approximate surface area is 281 Å². The number of benzene rings is 2. The van der Waals surface area contributed by atoms with Crippen LogP contribution in [-0.2, 0) is 17.8 Å². The van der Waals surface area contributed by atoms with E-state index in [4.69, 9.17) is 9.47 Å². The lowest BCUT2D eigenvalue weighted by Crippen LogP contribution is -2.44. The van der Waals surface area contributed by atoms with Crippen LogP contribution in [0.25, 0.3) is 0 Å². The van der Waals surface area contributed by atoms with Crippen molar-refractivity contribution in [2.24, 2.45) is 17.8 Å². The molecule has 9 heteroatoms. The highest BCUT2D eigenvalue weighted by Crippen LogP contribution is 2.53. The molecule has 1 aromatic heterocycles. The average Bonchev–Trinajstić information content (AvgIpc) is 3.62. The van der Waals surface area contributed by atoms with Gasteiger partial charge in [0.2, 0.25) is 5.75 Å². The number of likely N-dealkylation sites (N-methyl/N-ethyl adjacent to an activating group) is 1. The fraction of sp³-hybridized carbons (Fsp3) is 0.487. The fourth-order valence-corrected chi connectivity index (χ4v) is 9.09. The third-order valence-electron chi connectivity index (χ3n) is 11.6. The van der Waals surface area contributed by atoms with Crippen LogP contribution in [0, 0.1) is 17.8 Å². The monoisotopic (exact) mass is 655 g/mol. The summed E-state index contributed by atoms with van der Waals surface area (Å²) in [5, 5.41) is 58.2. The molecule has 2 heterocycles. The largest absolute Gasteiger partial charge is 0.670 e. The summed E-state index contributed by atoms with van der Waals surface area (Å²) in [7, 11) is 3.44. The van der Waals surface area contributed by atoms with Gasteiger partial charge in [0.15, 0.2) is 11.5 Å². The molecule has 9 atom stereocenters. The molecule has 1 aliphatic heterocycles. The van der Waals surface area contributed by atoms with E-state index in [1.54, 1.807) is 12.4 Å². The van der Waals surface area contributed by atoms with Crippen molar-refractivity contribution >= 4 is 0 Å². The Balaban J connectivity index is 1.18. The molecule has 3 aliphatic carbocycles. The molecule has 4 aliphatic rings. The van der Waals surface area contributed by atoms with Gasteiger partial charge in [-0.2, -0.15) is 12.4 Å². The Bertz CT molecular complexity index is 1670. The van der Waals surface area contributed by atoms with E-state index in [1.807, 2.05) is 25.2 Å². The van der Waals surface area contributed by atoms with E-state index in [0.717, 1.165) is 42.4 Å². The zero-order valence-electron chi connectivity index (χ0n) is 27.6. The summed E-state index contributed by atoms with van der Waals surface area (Å²) in [5.41, 5.74) is 4.30. The van der Waals surface area contributed by atoms with Crippen molar-refractivity contribution in [3.05, 3.63) is 94.3 Å². The van der Waals surface area contributed by atoms with Gasteiger partial charge in [0.05, 0.1) is 32.0 Å². The smallest absolute Gasteiger partial charge is 0.201 e. The maximum atomic E-state index is 11.5. The lowest BCUT2D eigenvalue weighted by atomic mass is 9.67. The number of phenols is 3. The molecule has 0 unspecified atom stereocenters. The van der Waals surface area contributed by atoms with Crippen LogP contribution < -0.4 is 15.0 Å². The maximum absolute atomic E-state index is 11.5. The van der Waals surface area contributed by atoms with Gasteiger partial charge in [-0.3, -0.25) is 0 Å². The van der Waals surface area contributed by atoms with E-state index in [2.05, 4.69) is 40.7 Å². The number of phenolic OH excluding ortho intramolecular Hbond substituents is 2. The van der Waals surface area contributed by atoms with Crippen LogP contribution >= 0.6 is 0 Å². The summed E-state index contributed by atoms with van der Waals surface area (Å²) in [6.45, 7) is -0.518. The first-order valence-electron chi connectivity index (χ1n) is 17.3. The molecule has 48 heavy (non-hydrogen) atoms. The number of aliphatic hydroxyl groups is 2. The Hall–Kier alpha value is -3.76. The molecular weight excluding hydrogens is 608 g/mol. The normalized spacial score (nSPS) is 31.3. The van der Waals surface area contributed by atoms with Gasteiger partial charge in [-0.25, -0.2) is 0 Å². The van der Waals surface area contributed by atoms with Gasteiger partial charge in [-0.05, 0) is 80.5 Å². The minimum Gasteiger partial charge on any atom is -0.670 e. The predicted octanol–water partition coefficient (Wildman–Crippen LogP) is 5.45. The van der Waals surface area contributed by atoms with Gasteiger partial charge in [0, 0.05) is 41.0 Å². The minimum absolute atomic E-state index is 0.0449. The number of aromatic hydroxyl groups is 3. The average molecular weight is 656 g/mol. The molecule has 0 spiro atoms. The third kappa shape index (κ3) is 5.91. The van der Waals surface area contributed by atoms with Gasteiger partial charge in [-0.1, -0.05) is 48.1 Å². The van der Waals surface area contributed by atoms with E-state index >= 15 is 0 Å². The van der Waals surface area contributed by atoms with E-state index in [-0.39, 0.29) is 35.2 Å². The fourth-order valence-electron chi connectivity index (χ4n) is 9.09. The van der Waals surface area contributed by atoms with Crippen LogP contribution in [0.15, 0.2) is 61.0 Å². The molecule has 0 bridgehead atoms. The zero-order chi connectivity index (χ0) is 33.5. The molecule has 0 amide bonds. The quantitative estimate of drug-likeness (QED) is 0.138. The first kappa shape index (κ1) is 32.8. The Morgan fingerprint density at radius 3 is 2.60 bits per heavy atom. The number of hydrogen-bond donors (Lipinski definition) is 6. The second-order valence-electron chi connectivity index (χ2n) is 14.1. The highest BCUT2D eigenvalue weighted by Gasteiger charge is 2.44. The minimum atomic E-state index is -0.643. The number of aromatic nitrogens is 1. The summed E-state index contributed by atoms with van der Waals surface area (Å²) >= 11 is 0. The van der Waals surface area contributed by atoms with Crippen molar-refractivity contribution in [2.45, 2.75) is 87.7 Å². The zero-order valence-corrected chi connectivity index (χ0v) is 27.6. The van der Waals surface area contributed by atoms with Gasteiger partial charge >= 0.3 is 0 Å². The van der Waals surface area contributed by atoms with E-state index in [1.165, 1.54) is 7.11 Å². The molecule has 9 nitrogen and oxygen atoms in total. The SMILES string of the molecule is CN[C@@H]1C=C[C@@H]2[C@@H](CC=C[C@H]2c2cc([C@@H]3CC[C@@H]4[C@H](C3)O[C@H](c3c(CO)c(O)c(O)c(OC)c3Cc3cc[n-]c3)C[C@@H]4O)ccc2O)C1. The number of aliphatic hydroxyl groups excluding tert-OH is 2. The highest BCUT2D eigenvalue weighted by atomic mass is 16.5. The number of allylic oxidation sites excluding steroid dienone is 3. The molecule has 1 saturated heterocycles. The molecule has 2 fully saturated rings. The van der Waals surface area contributed by atoms with Crippen molar-refractivity contribution < 1.29 is 35.0 Å². The molecule has 3 aromatic rings. The third-order valence-corrected chi connectivity index (χ3v) is 11.6. The lowest BCUT2D eigenvalue weighted by Gasteiger charge is -2.46. The lowest BCUT2D eigenvalue weighted by molar-refractivity contribution is -0.154. The van der Waals surface area contributed by atoms with Crippen molar-refractivity contribution in [2.75, 3.05) is 14.2 Å².